The number of rotatable bonds is 6. The summed E-state index contributed by atoms with van der Waals surface area (Å²) in [6.07, 6.45) is 15.4. The van der Waals surface area contributed by atoms with Crippen molar-refractivity contribution in [3.05, 3.63) is 11.6 Å². The molecule has 0 aromatic heterocycles. The van der Waals surface area contributed by atoms with E-state index in [0.717, 1.165) is 49.4 Å². The topological polar surface area (TPSA) is 40.5 Å². The van der Waals surface area contributed by atoms with Gasteiger partial charge in [-0.15, -0.1) is 0 Å². The number of aliphatic hydroxyl groups excluding tert-OH is 1. The van der Waals surface area contributed by atoms with Gasteiger partial charge in [-0.05, 0) is 117 Å². The van der Waals surface area contributed by atoms with E-state index in [4.69, 9.17) is 0 Å². The molecule has 0 amide bonds. The van der Waals surface area contributed by atoms with Crippen molar-refractivity contribution in [1.82, 2.24) is 0 Å². The van der Waals surface area contributed by atoms with E-state index in [1.54, 1.807) is 5.57 Å². The minimum absolute atomic E-state index is 0.103. The lowest BCUT2D eigenvalue weighted by Gasteiger charge is -2.58. The molecule has 2 heteroatoms. The van der Waals surface area contributed by atoms with Crippen LogP contribution in [0.2, 0.25) is 0 Å². The first-order valence-corrected chi connectivity index (χ1v) is 13.6. The maximum Gasteiger partial charge on any atom is 0.0668 e. The molecule has 4 aliphatic rings. The molecule has 0 bridgehead atoms. The Morgan fingerprint density at radius 3 is 2.48 bits per heavy atom. The summed E-state index contributed by atoms with van der Waals surface area (Å²) in [6.45, 7) is 14.2. The molecule has 9 atom stereocenters. The van der Waals surface area contributed by atoms with E-state index in [1.165, 1.54) is 44.9 Å². The molecule has 0 spiro atoms. The van der Waals surface area contributed by atoms with Crippen molar-refractivity contribution in [2.75, 3.05) is 0 Å². The number of aliphatic hydroxyl groups is 2. The lowest BCUT2D eigenvalue weighted by Crippen LogP contribution is -2.50. The van der Waals surface area contributed by atoms with Gasteiger partial charge < -0.3 is 10.2 Å². The number of fused-ring (bicyclic) bond motifs is 5. The molecule has 3 saturated carbocycles. The predicted octanol–water partition coefficient (Wildman–Crippen LogP) is 7.14. The van der Waals surface area contributed by atoms with Crippen LogP contribution in [0.5, 0.6) is 0 Å². The number of allylic oxidation sites excluding steroid dienone is 1. The average molecular weight is 431 g/mol. The predicted molar refractivity (Wildman–Crippen MR) is 130 cm³/mol. The van der Waals surface area contributed by atoms with Crippen molar-refractivity contribution < 1.29 is 10.2 Å². The molecule has 2 N–H and O–H groups in total. The van der Waals surface area contributed by atoms with Gasteiger partial charge in [0.15, 0.2) is 0 Å². The summed E-state index contributed by atoms with van der Waals surface area (Å²) >= 11 is 0. The highest BCUT2D eigenvalue weighted by Crippen LogP contribution is 2.67. The molecule has 0 radical (unpaired) electrons. The molecule has 0 saturated heterocycles. The third-order valence-electron chi connectivity index (χ3n) is 11.6. The van der Waals surface area contributed by atoms with Crippen LogP contribution in [0.1, 0.15) is 112 Å². The fraction of sp³-hybridized carbons (Fsp3) is 0.931. The molecule has 2 nitrogen and oxygen atoms in total. The summed E-state index contributed by atoms with van der Waals surface area (Å²) in [4.78, 5) is 0. The average Bonchev–Trinajstić information content (AvgIpc) is 3.09. The van der Waals surface area contributed by atoms with Gasteiger partial charge >= 0.3 is 0 Å². The van der Waals surface area contributed by atoms with Crippen LogP contribution in [0.15, 0.2) is 11.6 Å². The zero-order valence-corrected chi connectivity index (χ0v) is 21.3. The van der Waals surface area contributed by atoms with Gasteiger partial charge in [0, 0.05) is 0 Å². The molecule has 31 heavy (non-hydrogen) atoms. The van der Waals surface area contributed by atoms with E-state index in [0.29, 0.717) is 22.7 Å². The van der Waals surface area contributed by atoms with Gasteiger partial charge in [-0.1, -0.05) is 53.2 Å². The first kappa shape index (κ1) is 23.8. The Morgan fingerprint density at radius 1 is 1.06 bits per heavy atom. The van der Waals surface area contributed by atoms with Crippen molar-refractivity contribution in [3.8, 4) is 0 Å². The summed E-state index contributed by atoms with van der Waals surface area (Å²) in [6, 6.07) is 0. The Morgan fingerprint density at radius 2 is 1.81 bits per heavy atom. The summed E-state index contributed by atoms with van der Waals surface area (Å²) in [5, 5.41) is 21.3. The van der Waals surface area contributed by atoms with E-state index < -0.39 is 5.60 Å². The lowest BCUT2D eigenvalue weighted by molar-refractivity contribution is -0.0615. The molecular formula is C29H50O2. The molecule has 4 aliphatic carbocycles. The first-order valence-electron chi connectivity index (χ1n) is 13.6. The Hall–Kier alpha value is -0.340. The zero-order chi connectivity index (χ0) is 22.6. The first-order chi connectivity index (χ1) is 14.5. The van der Waals surface area contributed by atoms with Crippen molar-refractivity contribution in [2.24, 2.45) is 46.3 Å². The third kappa shape index (κ3) is 3.86. The van der Waals surface area contributed by atoms with Gasteiger partial charge in [0.05, 0.1) is 11.7 Å². The second-order valence-corrected chi connectivity index (χ2v) is 13.0. The van der Waals surface area contributed by atoms with E-state index in [9.17, 15) is 10.2 Å². The highest BCUT2D eigenvalue weighted by Gasteiger charge is 2.59. The van der Waals surface area contributed by atoms with E-state index in [-0.39, 0.29) is 6.10 Å². The van der Waals surface area contributed by atoms with Crippen LogP contribution in [0.4, 0.5) is 0 Å². The summed E-state index contributed by atoms with van der Waals surface area (Å²) < 4.78 is 0. The highest BCUT2D eigenvalue weighted by molar-refractivity contribution is 5.25. The van der Waals surface area contributed by atoms with Crippen LogP contribution in [0.25, 0.3) is 0 Å². The third-order valence-corrected chi connectivity index (χ3v) is 11.6. The van der Waals surface area contributed by atoms with Gasteiger partial charge in [0.2, 0.25) is 0 Å². The molecular weight excluding hydrogens is 380 g/mol. The standard InChI is InChI=1S/C29H50O2/c1-7-29(31,19(2)3)17-12-20(4)24-10-11-25-23-9-8-21-18-22(30)13-15-27(21,5)26(23)14-16-28(24,25)6/h8,19-20,22-26,30-31H,7,9-18H2,1-6H3/t20-,22+,23?,24-,25?,26?,27+,28-,29-/m1/s1. The Kier molecular flexibility index (Phi) is 6.50. The fourth-order valence-electron chi connectivity index (χ4n) is 9.17. The van der Waals surface area contributed by atoms with Crippen LogP contribution in [-0.2, 0) is 0 Å². The molecule has 178 valence electrons. The fourth-order valence-corrected chi connectivity index (χ4v) is 9.17. The van der Waals surface area contributed by atoms with Crippen LogP contribution in [-0.4, -0.2) is 21.9 Å². The van der Waals surface area contributed by atoms with E-state index in [2.05, 4.69) is 47.6 Å². The molecule has 0 heterocycles. The minimum Gasteiger partial charge on any atom is -0.393 e. The maximum atomic E-state index is 11.1. The van der Waals surface area contributed by atoms with Gasteiger partial charge in [0.25, 0.3) is 0 Å². The maximum absolute atomic E-state index is 11.1. The second kappa shape index (κ2) is 8.46. The minimum atomic E-state index is -0.491. The Labute approximate surface area is 192 Å². The summed E-state index contributed by atoms with van der Waals surface area (Å²) in [5.74, 6) is 4.42. The molecule has 0 aromatic carbocycles. The quantitative estimate of drug-likeness (QED) is 0.440. The van der Waals surface area contributed by atoms with E-state index >= 15 is 0 Å². The normalized spacial score (nSPS) is 45.3. The van der Waals surface area contributed by atoms with Gasteiger partial charge in [-0.3, -0.25) is 0 Å². The molecule has 3 unspecified atom stereocenters. The van der Waals surface area contributed by atoms with Crippen LogP contribution in [0, 0.1) is 46.3 Å². The largest absolute Gasteiger partial charge is 0.393 e. The van der Waals surface area contributed by atoms with Crippen LogP contribution >= 0.6 is 0 Å². The van der Waals surface area contributed by atoms with Crippen molar-refractivity contribution >= 4 is 0 Å². The summed E-state index contributed by atoms with van der Waals surface area (Å²) in [7, 11) is 0. The van der Waals surface area contributed by atoms with E-state index in [1.807, 2.05) is 0 Å². The molecule has 0 aromatic rings. The van der Waals surface area contributed by atoms with Gasteiger partial charge in [-0.2, -0.15) is 0 Å². The number of hydrogen-bond acceptors (Lipinski definition) is 2. The monoisotopic (exact) mass is 430 g/mol. The van der Waals surface area contributed by atoms with Crippen molar-refractivity contribution in [1.29, 1.82) is 0 Å². The molecule has 0 aliphatic heterocycles. The van der Waals surface area contributed by atoms with Crippen molar-refractivity contribution in [3.63, 3.8) is 0 Å². The molecule has 3 fully saturated rings. The highest BCUT2D eigenvalue weighted by atomic mass is 16.3. The lowest BCUT2D eigenvalue weighted by atomic mass is 9.47. The van der Waals surface area contributed by atoms with Gasteiger partial charge in [-0.25, -0.2) is 0 Å². The van der Waals surface area contributed by atoms with Crippen LogP contribution < -0.4 is 0 Å². The Balaban J connectivity index is 1.48. The van der Waals surface area contributed by atoms with Gasteiger partial charge in [0.1, 0.15) is 0 Å². The van der Waals surface area contributed by atoms with Crippen molar-refractivity contribution in [2.45, 2.75) is 124 Å². The molecule has 4 rings (SSSR count). The summed E-state index contributed by atoms with van der Waals surface area (Å²) in [5.41, 5.74) is 1.93. The van der Waals surface area contributed by atoms with Crippen LogP contribution in [0.3, 0.4) is 0 Å². The second-order valence-electron chi connectivity index (χ2n) is 13.0. The SMILES string of the molecule is CC[C@@](O)(CC[C@@H](C)[C@H]1CCC2C3CC=C4C[C@@H](O)CC[C@]4(C)C3CC[C@@]21C)C(C)C. The Bertz CT molecular complexity index is 682. The zero-order valence-electron chi connectivity index (χ0n) is 21.3. The number of hydrogen-bond donors (Lipinski definition) is 2. The smallest absolute Gasteiger partial charge is 0.0668 e.